The van der Waals surface area contributed by atoms with Crippen LogP contribution in [0, 0.1) is 27.2 Å². The molecular formula is C14H10ClN3O5. The third-order valence-electron chi connectivity index (χ3n) is 3.08. The number of hydrogen-bond acceptors (Lipinski definition) is 5. The number of carbonyl (C=O) groups is 1. The van der Waals surface area contributed by atoms with Crippen LogP contribution in [0.15, 0.2) is 36.4 Å². The molecule has 118 valence electrons. The predicted molar refractivity (Wildman–Crippen MR) is 83.9 cm³/mol. The van der Waals surface area contributed by atoms with Crippen LogP contribution in [0.1, 0.15) is 15.9 Å². The maximum Gasteiger partial charge on any atom is 0.288 e. The van der Waals surface area contributed by atoms with Crippen molar-refractivity contribution in [2.24, 2.45) is 0 Å². The van der Waals surface area contributed by atoms with Crippen LogP contribution >= 0.6 is 11.6 Å². The minimum absolute atomic E-state index is 0.0976. The predicted octanol–water partition coefficient (Wildman–Crippen LogP) is 3.72. The Morgan fingerprint density at radius 1 is 1.09 bits per heavy atom. The quantitative estimate of drug-likeness (QED) is 0.675. The molecule has 0 saturated heterocycles. The lowest BCUT2D eigenvalue weighted by Crippen LogP contribution is -2.13. The maximum absolute atomic E-state index is 12.1. The van der Waals surface area contributed by atoms with E-state index in [0.717, 1.165) is 0 Å². The van der Waals surface area contributed by atoms with Gasteiger partial charge in [-0.2, -0.15) is 0 Å². The van der Waals surface area contributed by atoms with E-state index < -0.39 is 15.8 Å². The van der Waals surface area contributed by atoms with Crippen molar-refractivity contribution in [3.05, 3.63) is 72.8 Å². The second-order valence-electron chi connectivity index (χ2n) is 4.63. The highest BCUT2D eigenvalue weighted by molar-refractivity contribution is 6.33. The number of nitro groups is 2. The largest absolute Gasteiger partial charge is 0.322 e. The number of amides is 1. The molecule has 0 atom stereocenters. The number of benzene rings is 2. The number of nitrogens with one attached hydrogen (secondary N) is 1. The first-order valence-corrected chi connectivity index (χ1v) is 6.67. The first-order chi connectivity index (χ1) is 10.8. The molecule has 1 N–H and O–H groups in total. The number of nitro benzene ring substituents is 2. The number of aryl methyl sites for hydroxylation is 1. The molecule has 9 heteroatoms. The lowest BCUT2D eigenvalue weighted by atomic mass is 10.1. The summed E-state index contributed by atoms with van der Waals surface area (Å²) in [6, 6.07) is 7.60. The molecule has 2 rings (SSSR count). The molecule has 2 aromatic rings. The number of nitrogens with zero attached hydrogens (tertiary/aromatic N) is 2. The van der Waals surface area contributed by atoms with Gasteiger partial charge in [-0.05, 0) is 30.7 Å². The number of non-ortho nitro benzene ring substituents is 1. The highest BCUT2D eigenvalue weighted by atomic mass is 35.5. The first kappa shape index (κ1) is 16.4. The van der Waals surface area contributed by atoms with Gasteiger partial charge in [0.2, 0.25) is 0 Å². The Balaban J connectivity index is 2.25. The number of carbonyl (C=O) groups excluding carboxylic acids is 1. The van der Waals surface area contributed by atoms with Gasteiger partial charge < -0.3 is 5.32 Å². The zero-order valence-electron chi connectivity index (χ0n) is 11.8. The van der Waals surface area contributed by atoms with Gasteiger partial charge in [-0.25, -0.2) is 0 Å². The van der Waals surface area contributed by atoms with Gasteiger partial charge in [0.05, 0.1) is 9.85 Å². The Morgan fingerprint density at radius 3 is 2.22 bits per heavy atom. The van der Waals surface area contributed by atoms with Crippen molar-refractivity contribution in [3.8, 4) is 0 Å². The maximum atomic E-state index is 12.1. The molecule has 23 heavy (non-hydrogen) atoms. The number of hydrogen-bond donors (Lipinski definition) is 1. The minimum atomic E-state index is -0.614. The van der Waals surface area contributed by atoms with Gasteiger partial charge >= 0.3 is 0 Å². The topological polar surface area (TPSA) is 115 Å². The number of anilines is 1. The van der Waals surface area contributed by atoms with Crippen molar-refractivity contribution >= 4 is 34.6 Å². The average Bonchev–Trinajstić information content (AvgIpc) is 2.50. The van der Waals surface area contributed by atoms with Gasteiger partial charge in [-0.3, -0.25) is 25.0 Å². The molecule has 0 bridgehead atoms. The van der Waals surface area contributed by atoms with Crippen molar-refractivity contribution in [2.45, 2.75) is 6.92 Å². The molecule has 0 saturated carbocycles. The molecule has 2 aromatic carbocycles. The van der Waals surface area contributed by atoms with Crippen LogP contribution in [0.3, 0.4) is 0 Å². The van der Waals surface area contributed by atoms with E-state index in [1.807, 2.05) is 0 Å². The summed E-state index contributed by atoms with van der Waals surface area (Å²) in [7, 11) is 0. The second kappa shape index (κ2) is 6.41. The smallest absolute Gasteiger partial charge is 0.288 e. The van der Waals surface area contributed by atoms with E-state index in [0.29, 0.717) is 11.3 Å². The van der Waals surface area contributed by atoms with Crippen molar-refractivity contribution in [3.63, 3.8) is 0 Å². The Hall–Kier alpha value is -3.00. The summed E-state index contributed by atoms with van der Waals surface area (Å²) in [5.41, 5.74) is 0.624. The summed E-state index contributed by atoms with van der Waals surface area (Å²) in [5, 5.41) is 23.8. The Bertz CT molecular complexity index is 805. The first-order valence-electron chi connectivity index (χ1n) is 6.30. The summed E-state index contributed by atoms with van der Waals surface area (Å²) >= 11 is 5.81. The molecule has 0 aliphatic heterocycles. The third kappa shape index (κ3) is 3.61. The van der Waals surface area contributed by atoms with Crippen molar-refractivity contribution in [2.75, 3.05) is 5.32 Å². The summed E-state index contributed by atoms with van der Waals surface area (Å²) in [4.78, 5) is 32.3. The van der Waals surface area contributed by atoms with E-state index in [1.54, 1.807) is 6.92 Å². The normalized spacial score (nSPS) is 10.2. The van der Waals surface area contributed by atoms with Crippen LogP contribution in [-0.4, -0.2) is 15.8 Å². The van der Waals surface area contributed by atoms with Crippen LogP contribution in [0.2, 0.25) is 5.02 Å². The fraction of sp³-hybridized carbons (Fsp3) is 0.0714. The van der Waals surface area contributed by atoms with Gasteiger partial charge in [0, 0.05) is 29.4 Å². The van der Waals surface area contributed by atoms with Gasteiger partial charge in [-0.1, -0.05) is 11.6 Å². The number of rotatable bonds is 4. The van der Waals surface area contributed by atoms with E-state index in [-0.39, 0.29) is 22.0 Å². The van der Waals surface area contributed by atoms with E-state index in [2.05, 4.69) is 5.32 Å². The van der Waals surface area contributed by atoms with Gasteiger partial charge in [-0.15, -0.1) is 0 Å². The zero-order chi connectivity index (χ0) is 17.1. The van der Waals surface area contributed by atoms with Gasteiger partial charge in [0.25, 0.3) is 17.3 Å². The van der Waals surface area contributed by atoms with Crippen LogP contribution in [0.25, 0.3) is 0 Å². The van der Waals surface area contributed by atoms with Gasteiger partial charge in [0.1, 0.15) is 5.02 Å². The molecule has 0 radical (unpaired) electrons. The molecule has 0 spiro atoms. The fourth-order valence-electron chi connectivity index (χ4n) is 1.87. The average molecular weight is 336 g/mol. The van der Waals surface area contributed by atoms with Crippen LogP contribution < -0.4 is 5.32 Å². The lowest BCUT2D eigenvalue weighted by molar-refractivity contribution is -0.385. The standard InChI is InChI=1S/C14H10ClN3O5/c1-8-6-13(18(22)23)11(15)7-12(8)16-14(19)9-2-4-10(5-3-9)17(20)21/h2-7H,1H3,(H,16,19). The van der Waals surface area contributed by atoms with E-state index >= 15 is 0 Å². The van der Waals surface area contributed by atoms with Gasteiger partial charge in [0.15, 0.2) is 0 Å². The molecule has 0 aliphatic carbocycles. The molecule has 0 aromatic heterocycles. The van der Waals surface area contributed by atoms with E-state index in [4.69, 9.17) is 11.6 Å². The van der Waals surface area contributed by atoms with Crippen molar-refractivity contribution in [1.29, 1.82) is 0 Å². The van der Waals surface area contributed by atoms with E-state index in [1.165, 1.54) is 36.4 Å². The summed E-state index contributed by atoms with van der Waals surface area (Å²) in [6.07, 6.45) is 0. The summed E-state index contributed by atoms with van der Waals surface area (Å²) < 4.78 is 0. The van der Waals surface area contributed by atoms with Crippen LogP contribution in [-0.2, 0) is 0 Å². The molecule has 0 unspecified atom stereocenters. The molecule has 8 nitrogen and oxygen atoms in total. The van der Waals surface area contributed by atoms with Crippen molar-refractivity contribution < 1.29 is 14.6 Å². The highest BCUT2D eigenvalue weighted by Crippen LogP contribution is 2.30. The third-order valence-corrected chi connectivity index (χ3v) is 3.38. The van der Waals surface area contributed by atoms with Crippen LogP contribution in [0.5, 0.6) is 0 Å². The highest BCUT2D eigenvalue weighted by Gasteiger charge is 2.17. The summed E-state index contributed by atoms with van der Waals surface area (Å²) in [5.74, 6) is -0.507. The lowest BCUT2D eigenvalue weighted by Gasteiger charge is -2.09. The SMILES string of the molecule is Cc1cc([N+](=O)[O-])c(Cl)cc1NC(=O)c1ccc([N+](=O)[O-])cc1. The zero-order valence-corrected chi connectivity index (χ0v) is 12.5. The molecule has 0 fully saturated rings. The summed E-state index contributed by atoms with van der Waals surface area (Å²) in [6.45, 7) is 1.59. The van der Waals surface area contributed by atoms with E-state index in [9.17, 15) is 25.0 Å². The fourth-order valence-corrected chi connectivity index (χ4v) is 2.10. The molecular weight excluding hydrogens is 326 g/mol. The minimum Gasteiger partial charge on any atom is -0.322 e. The molecule has 0 aliphatic rings. The Kier molecular flexibility index (Phi) is 4.56. The Morgan fingerprint density at radius 2 is 1.70 bits per heavy atom. The monoisotopic (exact) mass is 335 g/mol. The van der Waals surface area contributed by atoms with Crippen LogP contribution in [0.4, 0.5) is 17.1 Å². The van der Waals surface area contributed by atoms with Crippen molar-refractivity contribution in [1.82, 2.24) is 0 Å². The molecule has 0 heterocycles. The molecule has 1 amide bonds. The Labute approximate surface area is 135 Å². The number of halogens is 1. The second-order valence-corrected chi connectivity index (χ2v) is 5.04.